The number of aliphatic hydroxyl groups excluding tert-OH is 1. The van der Waals surface area contributed by atoms with Crippen LogP contribution < -0.4 is 15.4 Å². The predicted octanol–water partition coefficient (Wildman–Crippen LogP) is 3.23. The van der Waals surface area contributed by atoms with E-state index in [0.29, 0.717) is 30.8 Å². The number of methoxy groups -OCH3 is 1. The molecule has 3 amide bonds. The van der Waals surface area contributed by atoms with Crippen molar-refractivity contribution in [3.8, 4) is 5.75 Å². The molecule has 8 nitrogen and oxygen atoms in total. The highest BCUT2D eigenvalue weighted by Crippen LogP contribution is 2.68. The fraction of sp³-hybridized carbons (Fsp3) is 0.483. The average Bonchev–Trinajstić information content (AvgIpc) is 3.54. The maximum absolute atomic E-state index is 14.3. The van der Waals surface area contributed by atoms with Crippen LogP contribution in [0.15, 0.2) is 54.6 Å². The predicted molar refractivity (Wildman–Crippen MR) is 155 cm³/mol. The number of likely N-dealkylation sites (tertiary alicyclic amines) is 1. The summed E-state index contributed by atoms with van der Waals surface area (Å²) in [6, 6.07) is 15.2. The lowest BCUT2D eigenvalue weighted by atomic mass is 9.70. The van der Waals surface area contributed by atoms with Crippen LogP contribution in [0.1, 0.15) is 25.3 Å². The van der Waals surface area contributed by atoms with Gasteiger partial charge in [-0.05, 0) is 49.1 Å². The number of amides is 3. The second-order valence-corrected chi connectivity index (χ2v) is 13.2. The second kappa shape index (κ2) is 11.5. The number of halogens is 1. The van der Waals surface area contributed by atoms with E-state index in [1.165, 1.54) is 0 Å². The standard InChI is InChI=1S/C29H34BrN3O5S/c1-3-13-31-26(35)22-23-28(37)33(19(16-34)14-17-7-5-4-6-8-17)25(29(23)15-21(30)24(22)39-29)27(36)32-18-9-11-20(38-2)12-10-18/h4-12,19,21-25,34H,3,13-16H2,1-2H3,(H,31,35)(H,32,36)/t19-,21?,22-,23+,24-,25?,29?/m1/s1. The molecule has 7 atom stereocenters. The van der Waals surface area contributed by atoms with Crippen LogP contribution in [0.4, 0.5) is 5.69 Å². The number of rotatable bonds is 10. The summed E-state index contributed by atoms with van der Waals surface area (Å²) in [5, 5.41) is 16.4. The van der Waals surface area contributed by atoms with Crippen LogP contribution in [-0.2, 0) is 20.8 Å². The maximum Gasteiger partial charge on any atom is 0.248 e. The van der Waals surface area contributed by atoms with Gasteiger partial charge in [0.1, 0.15) is 11.8 Å². The topological polar surface area (TPSA) is 108 Å². The minimum atomic E-state index is -0.850. The van der Waals surface area contributed by atoms with Crippen molar-refractivity contribution < 1.29 is 24.2 Å². The Hall–Kier alpha value is -2.56. The molecule has 1 spiro atoms. The highest BCUT2D eigenvalue weighted by Gasteiger charge is 2.76. The first-order valence-corrected chi connectivity index (χ1v) is 15.2. The van der Waals surface area contributed by atoms with Gasteiger partial charge in [-0.3, -0.25) is 14.4 Å². The smallest absolute Gasteiger partial charge is 0.248 e. The van der Waals surface area contributed by atoms with Gasteiger partial charge in [-0.2, -0.15) is 0 Å². The molecule has 0 radical (unpaired) electrons. The number of nitrogens with one attached hydrogen (secondary N) is 2. The molecular formula is C29H34BrN3O5S. The van der Waals surface area contributed by atoms with Gasteiger partial charge in [0, 0.05) is 22.3 Å². The van der Waals surface area contributed by atoms with Gasteiger partial charge in [0.05, 0.1) is 36.3 Å². The van der Waals surface area contributed by atoms with Crippen LogP contribution in [0.25, 0.3) is 0 Å². The summed E-state index contributed by atoms with van der Waals surface area (Å²) < 4.78 is 4.45. The molecular weight excluding hydrogens is 582 g/mol. The Kier molecular flexibility index (Phi) is 8.26. The molecule has 0 saturated carbocycles. The van der Waals surface area contributed by atoms with Crippen LogP contribution in [-0.4, -0.2) is 74.9 Å². The van der Waals surface area contributed by atoms with Gasteiger partial charge in [-0.25, -0.2) is 0 Å². The van der Waals surface area contributed by atoms with Crippen molar-refractivity contribution in [3.63, 3.8) is 0 Å². The van der Waals surface area contributed by atoms with E-state index in [2.05, 4.69) is 26.6 Å². The van der Waals surface area contributed by atoms with Gasteiger partial charge in [0.25, 0.3) is 0 Å². The molecule has 3 aliphatic heterocycles. The first kappa shape index (κ1) is 28.0. The number of fused-ring (bicyclic) bond motifs is 1. The average molecular weight is 617 g/mol. The first-order chi connectivity index (χ1) is 18.8. The number of anilines is 1. The van der Waals surface area contributed by atoms with Gasteiger partial charge in [0.15, 0.2) is 0 Å². The highest BCUT2D eigenvalue weighted by atomic mass is 79.9. The molecule has 2 bridgehead atoms. The number of alkyl halides is 1. The number of aliphatic hydroxyl groups is 1. The zero-order valence-electron chi connectivity index (χ0n) is 22.0. The number of nitrogens with zero attached hydrogens (tertiary/aromatic N) is 1. The van der Waals surface area contributed by atoms with E-state index in [1.54, 1.807) is 48.0 Å². The number of hydrogen-bond acceptors (Lipinski definition) is 6. The molecule has 0 aromatic heterocycles. The minimum absolute atomic E-state index is 0.0122. The Morgan fingerprint density at radius 1 is 1.18 bits per heavy atom. The third-order valence-corrected chi connectivity index (χ3v) is 11.3. The van der Waals surface area contributed by atoms with Crippen molar-refractivity contribution in [2.24, 2.45) is 11.8 Å². The van der Waals surface area contributed by atoms with E-state index in [-0.39, 0.29) is 34.4 Å². The normalized spacial score (nSPS) is 29.7. The zero-order valence-corrected chi connectivity index (χ0v) is 24.4. The number of thioether (sulfide) groups is 1. The molecule has 3 fully saturated rings. The highest BCUT2D eigenvalue weighted by molar-refractivity contribution is 9.09. The Morgan fingerprint density at radius 2 is 1.90 bits per heavy atom. The number of ether oxygens (including phenoxy) is 1. The van der Waals surface area contributed by atoms with Gasteiger partial charge < -0.3 is 25.4 Å². The molecule has 5 rings (SSSR count). The van der Waals surface area contributed by atoms with Crippen molar-refractivity contribution in [2.75, 3.05) is 25.6 Å². The van der Waals surface area contributed by atoms with E-state index in [9.17, 15) is 19.5 Å². The molecule has 39 heavy (non-hydrogen) atoms. The summed E-state index contributed by atoms with van der Waals surface area (Å²) in [7, 11) is 1.58. The van der Waals surface area contributed by atoms with Crippen LogP contribution in [0.5, 0.6) is 5.75 Å². The Bertz CT molecular complexity index is 1220. The quantitative estimate of drug-likeness (QED) is 0.354. The van der Waals surface area contributed by atoms with E-state index in [0.717, 1.165) is 12.0 Å². The molecule has 2 aromatic carbocycles. The van der Waals surface area contributed by atoms with Gasteiger partial charge in [-0.1, -0.05) is 53.2 Å². The van der Waals surface area contributed by atoms with Gasteiger partial charge >= 0.3 is 0 Å². The summed E-state index contributed by atoms with van der Waals surface area (Å²) in [6.45, 7) is 2.22. The molecule has 10 heteroatoms. The minimum Gasteiger partial charge on any atom is -0.497 e. The van der Waals surface area contributed by atoms with Crippen LogP contribution in [0, 0.1) is 11.8 Å². The number of carbonyl (C=O) groups is 3. The fourth-order valence-corrected chi connectivity index (χ4v) is 10.0. The molecule has 3 aliphatic rings. The molecule has 3 N–H and O–H groups in total. The summed E-state index contributed by atoms with van der Waals surface area (Å²) in [4.78, 5) is 43.4. The Morgan fingerprint density at radius 3 is 2.54 bits per heavy atom. The molecule has 0 aliphatic carbocycles. The molecule has 3 unspecified atom stereocenters. The molecule has 2 aromatic rings. The maximum atomic E-state index is 14.3. The zero-order chi connectivity index (χ0) is 27.7. The van der Waals surface area contributed by atoms with Crippen molar-refractivity contribution in [2.45, 2.75) is 53.1 Å². The SMILES string of the molecule is CCCNC(=O)[C@H]1[C@@H]2SC3(CC2Br)C(C(=O)Nc2ccc(OC)cc2)N([C@@H](CO)Cc2ccccc2)C(=O)[C@H]13. The summed E-state index contributed by atoms with van der Waals surface area (Å²) in [6.07, 6.45) is 1.77. The number of benzene rings is 2. The molecule has 208 valence electrons. The summed E-state index contributed by atoms with van der Waals surface area (Å²) in [5.41, 5.74) is 1.54. The molecule has 3 heterocycles. The third-order valence-electron chi connectivity index (χ3n) is 8.10. The van der Waals surface area contributed by atoms with E-state index < -0.39 is 28.7 Å². The lowest BCUT2D eigenvalue weighted by Gasteiger charge is -2.37. The van der Waals surface area contributed by atoms with Crippen LogP contribution >= 0.6 is 27.7 Å². The lowest BCUT2D eigenvalue weighted by Crippen LogP contribution is -2.55. The number of hydrogen-bond donors (Lipinski definition) is 3. The van der Waals surface area contributed by atoms with Gasteiger partial charge in [-0.15, -0.1) is 11.8 Å². The van der Waals surface area contributed by atoms with Crippen LogP contribution in [0.3, 0.4) is 0 Å². The Balaban J connectivity index is 1.53. The lowest BCUT2D eigenvalue weighted by molar-refractivity contribution is -0.142. The van der Waals surface area contributed by atoms with Crippen molar-refractivity contribution in [3.05, 3.63) is 60.2 Å². The molecule has 3 saturated heterocycles. The van der Waals surface area contributed by atoms with Crippen molar-refractivity contribution in [1.82, 2.24) is 10.2 Å². The second-order valence-electron chi connectivity index (χ2n) is 10.4. The largest absolute Gasteiger partial charge is 0.497 e. The van der Waals surface area contributed by atoms with Crippen LogP contribution in [0.2, 0.25) is 0 Å². The van der Waals surface area contributed by atoms with Crippen molar-refractivity contribution >= 4 is 51.1 Å². The van der Waals surface area contributed by atoms with E-state index in [1.807, 2.05) is 37.3 Å². The Labute approximate surface area is 241 Å². The monoisotopic (exact) mass is 615 g/mol. The summed E-state index contributed by atoms with van der Waals surface area (Å²) >= 11 is 5.37. The fourth-order valence-electron chi connectivity index (χ4n) is 6.45. The van der Waals surface area contributed by atoms with Gasteiger partial charge in [0.2, 0.25) is 17.7 Å². The van der Waals surface area contributed by atoms with E-state index >= 15 is 0 Å². The van der Waals surface area contributed by atoms with Crippen molar-refractivity contribution in [1.29, 1.82) is 0 Å². The number of carbonyl (C=O) groups excluding carboxylic acids is 3. The van der Waals surface area contributed by atoms with E-state index in [4.69, 9.17) is 4.74 Å². The summed E-state index contributed by atoms with van der Waals surface area (Å²) in [5.74, 6) is -1.21. The third kappa shape index (κ3) is 4.95. The first-order valence-electron chi connectivity index (χ1n) is 13.4.